The van der Waals surface area contributed by atoms with Crippen LogP contribution >= 0.6 is 0 Å². The fraction of sp³-hybridized carbons (Fsp3) is 0.500. The van der Waals surface area contributed by atoms with Crippen molar-refractivity contribution in [1.82, 2.24) is 3.71 Å². The molecule has 0 spiro atoms. The minimum atomic E-state index is -7.08. The van der Waals surface area contributed by atoms with Gasteiger partial charge in [0.25, 0.3) is 10.0 Å². The number of benzene rings is 2. The van der Waals surface area contributed by atoms with Gasteiger partial charge in [-0.25, -0.2) is 34.0 Å². The van der Waals surface area contributed by atoms with Crippen molar-refractivity contribution in [3.8, 4) is 5.75 Å². The molecule has 4 rings (SSSR count). The van der Waals surface area contributed by atoms with Crippen molar-refractivity contribution in [2.45, 2.75) is 52.8 Å². The van der Waals surface area contributed by atoms with E-state index in [9.17, 15) is 64.8 Å². The summed E-state index contributed by atoms with van der Waals surface area (Å²) in [6, 6.07) is 2.70. The number of halogens is 10. The Morgan fingerprint density at radius 2 is 1.40 bits per heavy atom. The molecule has 0 aromatic heterocycles. The number of sulfone groups is 1. The third-order valence-electron chi connectivity index (χ3n) is 7.82. The highest BCUT2D eigenvalue weighted by molar-refractivity contribution is 8.04. The molecule has 21 heteroatoms. The molecule has 1 saturated carbocycles. The number of hydrogen-bond acceptors (Lipinski definition) is 7. The topological polar surface area (TPSA) is 115 Å². The largest absolute Gasteiger partial charge is 0.512 e. The van der Waals surface area contributed by atoms with Crippen LogP contribution in [0.25, 0.3) is 0 Å². The molecular formula is C24H21F10NO7S3. The summed E-state index contributed by atoms with van der Waals surface area (Å²) < 4.78 is 218. The average Bonchev–Trinajstić information content (AvgIpc) is 2.91. The van der Waals surface area contributed by atoms with Crippen LogP contribution in [0.1, 0.15) is 37.3 Å². The van der Waals surface area contributed by atoms with Crippen molar-refractivity contribution in [2.24, 2.45) is 11.8 Å². The number of hydrogen-bond donors (Lipinski definition) is 0. The molecule has 1 aliphatic heterocycles. The molecule has 252 valence electrons. The summed E-state index contributed by atoms with van der Waals surface area (Å²) in [6.45, 7) is -3.34. The lowest BCUT2D eigenvalue weighted by molar-refractivity contribution is -0.137. The van der Waals surface area contributed by atoms with Gasteiger partial charge in [0.05, 0.1) is 22.6 Å². The van der Waals surface area contributed by atoms with E-state index in [0.29, 0.717) is 36.4 Å². The standard InChI is InChI=1S/C24H21F10NO7S3/c1-21(27,28)44(38,39)35(45(40,41)24(32,33)34)11-13-3-2-10-22(16(13)12-42-20-18(26)9-8-17(25)19(20)22)43(36,37)15-6-4-14(5-7-15)23(29,30)31/h4-9,13,16H,2-3,10-12H2,1H3/t13-,16-,22-/m0/s1. The summed E-state index contributed by atoms with van der Waals surface area (Å²) in [7, 11) is -19.0. The zero-order chi connectivity index (χ0) is 34.2. The van der Waals surface area contributed by atoms with Crippen molar-refractivity contribution < 1.29 is 73.9 Å². The number of sulfonamides is 2. The van der Waals surface area contributed by atoms with Crippen molar-refractivity contribution in [3.63, 3.8) is 0 Å². The minimum Gasteiger partial charge on any atom is -0.490 e. The van der Waals surface area contributed by atoms with Crippen molar-refractivity contribution in [1.29, 1.82) is 0 Å². The van der Waals surface area contributed by atoms with Crippen LogP contribution in [-0.2, 0) is 40.8 Å². The van der Waals surface area contributed by atoms with Crippen LogP contribution in [0.5, 0.6) is 5.75 Å². The van der Waals surface area contributed by atoms with Crippen molar-refractivity contribution >= 4 is 29.9 Å². The summed E-state index contributed by atoms with van der Waals surface area (Å²) in [5, 5.41) is -5.10. The molecule has 0 bridgehead atoms. The first kappa shape index (κ1) is 35.2. The minimum absolute atomic E-state index is 0.356. The van der Waals surface area contributed by atoms with E-state index in [1.165, 1.54) is 0 Å². The predicted molar refractivity (Wildman–Crippen MR) is 134 cm³/mol. The molecule has 0 unspecified atom stereocenters. The maximum absolute atomic E-state index is 15.5. The van der Waals surface area contributed by atoms with Gasteiger partial charge in [0.2, 0.25) is 0 Å². The first-order chi connectivity index (χ1) is 20.3. The highest BCUT2D eigenvalue weighted by Crippen LogP contribution is 2.58. The number of nitrogens with zero attached hydrogens (tertiary/aromatic N) is 1. The van der Waals surface area contributed by atoms with Crippen LogP contribution in [0, 0.1) is 23.5 Å². The maximum Gasteiger partial charge on any atom is 0.512 e. The lowest BCUT2D eigenvalue weighted by Gasteiger charge is -2.51. The molecular weight excluding hydrogens is 700 g/mol. The monoisotopic (exact) mass is 721 g/mol. The molecule has 2 aromatic rings. The van der Waals surface area contributed by atoms with Crippen LogP contribution in [0.15, 0.2) is 41.3 Å². The first-order valence-corrected chi connectivity index (χ1v) is 16.9. The summed E-state index contributed by atoms with van der Waals surface area (Å²) in [5.74, 6) is -7.58. The van der Waals surface area contributed by atoms with E-state index < -0.39 is 133 Å². The Kier molecular flexibility index (Phi) is 8.58. The number of fused-ring (bicyclic) bond motifs is 3. The Morgan fingerprint density at radius 3 is 1.91 bits per heavy atom. The van der Waals surface area contributed by atoms with Gasteiger partial charge in [-0.15, -0.1) is 0 Å². The van der Waals surface area contributed by atoms with Gasteiger partial charge in [-0.1, -0.05) is 10.1 Å². The van der Waals surface area contributed by atoms with Gasteiger partial charge in [-0.3, -0.25) is 0 Å². The summed E-state index contributed by atoms with van der Waals surface area (Å²) >= 11 is 0. The molecule has 0 saturated heterocycles. The Morgan fingerprint density at radius 1 is 0.844 bits per heavy atom. The number of rotatable bonds is 7. The summed E-state index contributed by atoms with van der Waals surface area (Å²) in [6.07, 6.45) is -6.59. The Hall–Kier alpha value is -2.65. The van der Waals surface area contributed by atoms with Crippen LogP contribution < -0.4 is 4.74 Å². The quantitative estimate of drug-likeness (QED) is 0.345. The normalized spacial score (nSPS) is 23.3. The Bertz CT molecular complexity index is 1760. The second-order valence-electron chi connectivity index (χ2n) is 10.4. The molecule has 45 heavy (non-hydrogen) atoms. The molecule has 0 amide bonds. The highest BCUT2D eigenvalue weighted by Gasteiger charge is 2.64. The molecule has 0 radical (unpaired) electrons. The van der Waals surface area contributed by atoms with E-state index in [4.69, 9.17) is 4.74 Å². The van der Waals surface area contributed by atoms with Crippen molar-refractivity contribution in [3.05, 3.63) is 59.2 Å². The summed E-state index contributed by atoms with van der Waals surface area (Å²) in [5.41, 5.74) is -8.77. The van der Waals surface area contributed by atoms with Gasteiger partial charge in [-0.05, 0) is 55.2 Å². The molecule has 1 heterocycles. The van der Waals surface area contributed by atoms with Crippen LogP contribution in [-0.4, -0.2) is 52.9 Å². The second-order valence-corrected chi connectivity index (χ2v) is 16.8. The predicted octanol–water partition coefficient (Wildman–Crippen LogP) is 5.56. The van der Waals surface area contributed by atoms with Gasteiger partial charge in [0.15, 0.2) is 21.4 Å². The SMILES string of the molecule is CC(F)(F)S(=O)(=O)N(C[C@@H]1CCC[C@@]2(S(=O)(=O)c3ccc(C(F)(F)F)cc3)c3c(F)ccc(F)c3OC[C@@H]12)S(=O)(=O)C(F)(F)F. The lowest BCUT2D eigenvalue weighted by atomic mass is 9.67. The summed E-state index contributed by atoms with van der Waals surface area (Å²) in [4.78, 5) is -0.898. The van der Waals surface area contributed by atoms with Gasteiger partial charge >= 0.3 is 27.0 Å². The molecule has 1 aliphatic carbocycles. The van der Waals surface area contributed by atoms with E-state index in [1.807, 2.05) is 0 Å². The smallest absolute Gasteiger partial charge is 0.490 e. The van der Waals surface area contributed by atoms with Gasteiger partial charge in [-0.2, -0.15) is 35.1 Å². The molecule has 2 aliphatic rings. The van der Waals surface area contributed by atoms with Crippen LogP contribution in [0.2, 0.25) is 0 Å². The number of alkyl halides is 8. The Labute approximate surface area is 250 Å². The number of ether oxygens (including phenoxy) is 1. The Balaban J connectivity index is 1.98. The maximum atomic E-state index is 15.5. The zero-order valence-corrected chi connectivity index (χ0v) is 24.9. The van der Waals surface area contributed by atoms with Crippen molar-refractivity contribution in [2.75, 3.05) is 13.2 Å². The molecule has 0 N–H and O–H groups in total. The van der Waals surface area contributed by atoms with Crippen LogP contribution in [0.3, 0.4) is 0 Å². The van der Waals surface area contributed by atoms with Gasteiger partial charge < -0.3 is 4.74 Å². The zero-order valence-electron chi connectivity index (χ0n) is 22.5. The van der Waals surface area contributed by atoms with E-state index in [2.05, 4.69) is 0 Å². The van der Waals surface area contributed by atoms with E-state index >= 15 is 4.39 Å². The average molecular weight is 722 g/mol. The molecule has 3 atom stereocenters. The fourth-order valence-corrected chi connectivity index (χ4v) is 11.2. The van der Waals surface area contributed by atoms with Gasteiger partial charge in [0, 0.05) is 19.4 Å². The molecule has 8 nitrogen and oxygen atoms in total. The third kappa shape index (κ3) is 5.56. The van der Waals surface area contributed by atoms with E-state index in [0.717, 1.165) is 0 Å². The van der Waals surface area contributed by atoms with Crippen LogP contribution in [0.4, 0.5) is 43.9 Å². The highest BCUT2D eigenvalue weighted by atomic mass is 32.3. The lowest BCUT2D eigenvalue weighted by Crippen LogP contribution is -2.58. The van der Waals surface area contributed by atoms with Gasteiger partial charge in [0.1, 0.15) is 10.6 Å². The molecule has 1 fully saturated rings. The van der Waals surface area contributed by atoms with E-state index in [1.54, 1.807) is 0 Å². The third-order valence-corrected chi connectivity index (χ3v) is 14.4. The second kappa shape index (κ2) is 11.0. The molecule has 2 aromatic carbocycles. The van der Waals surface area contributed by atoms with E-state index in [-0.39, 0.29) is 6.92 Å². The first-order valence-electron chi connectivity index (χ1n) is 12.6. The fourth-order valence-electron chi connectivity index (χ4n) is 5.75.